The van der Waals surface area contributed by atoms with Gasteiger partial charge in [0.25, 0.3) is 0 Å². The van der Waals surface area contributed by atoms with Crippen LogP contribution in [0, 0.1) is 0 Å². The molecule has 0 fully saturated rings. The number of esters is 1. The van der Waals surface area contributed by atoms with Gasteiger partial charge in [-0.15, -0.1) is 0 Å². The molecule has 5 nitrogen and oxygen atoms in total. The first-order chi connectivity index (χ1) is 8.15. The highest BCUT2D eigenvalue weighted by atomic mass is 16.5. The van der Waals surface area contributed by atoms with E-state index in [4.69, 9.17) is 9.47 Å². The van der Waals surface area contributed by atoms with E-state index in [1.54, 1.807) is 25.1 Å². The molecule has 94 valence electrons. The molecule has 0 aliphatic heterocycles. The number of aliphatic hydroxyl groups excluding tert-OH is 1. The summed E-state index contributed by atoms with van der Waals surface area (Å²) in [4.78, 5) is 11.3. The predicted octanol–water partition coefficient (Wildman–Crippen LogP) is 1.30. The average Bonchev–Trinajstić information content (AvgIpc) is 2.37. The molecule has 5 heteroatoms. The number of carbonyl (C=O) groups excluding carboxylic acids is 1. The molecule has 0 saturated carbocycles. The van der Waals surface area contributed by atoms with Crippen molar-refractivity contribution < 1.29 is 24.1 Å². The lowest BCUT2D eigenvalue weighted by atomic mass is 10.1. The van der Waals surface area contributed by atoms with E-state index < -0.39 is 12.1 Å². The van der Waals surface area contributed by atoms with Crippen molar-refractivity contribution in [2.75, 3.05) is 20.8 Å². The highest BCUT2D eigenvalue weighted by Crippen LogP contribution is 2.35. The minimum atomic E-state index is -1.38. The second-order valence-electron chi connectivity index (χ2n) is 3.24. The molecular weight excluding hydrogens is 224 g/mol. The van der Waals surface area contributed by atoms with Crippen LogP contribution in [0.5, 0.6) is 11.5 Å². The van der Waals surface area contributed by atoms with Crippen LogP contribution in [0.2, 0.25) is 0 Å². The van der Waals surface area contributed by atoms with E-state index in [2.05, 4.69) is 4.74 Å². The van der Waals surface area contributed by atoms with E-state index in [0.29, 0.717) is 23.7 Å². The summed E-state index contributed by atoms with van der Waals surface area (Å²) in [5, 5.41) is 9.81. The Morgan fingerprint density at radius 1 is 1.41 bits per heavy atom. The van der Waals surface area contributed by atoms with Gasteiger partial charge in [-0.1, -0.05) is 12.1 Å². The van der Waals surface area contributed by atoms with E-state index in [1.165, 1.54) is 14.2 Å². The summed E-state index contributed by atoms with van der Waals surface area (Å²) in [6.45, 7) is 2.21. The maximum atomic E-state index is 11.3. The second kappa shape index (κ2) is 6.10. The number of carbonyl (C=O) groups is 1. The summed E-state index contributed by atoms with van der Waals surface area (Å²) >= 11 is 0. The fraction of sp³-hybridized carbons (Fsp3) is 0.417. The quantitative estimate of drug-likeness (QED) is 0.786. The number of benzene rings is 1. The summed E-state index contributed by atoms with van der Waals surface area (Å²) in [6.07, 6.45) is -1.38. The van der Waals surface area contributed by atoms with Crippen LogP contribution in [0.15, 0.2) is 18.2 Å². The van der Waals surface area contributed by atoms with Gasteiger partial charge in [0.1, 0.15) is 0 Å². The van der Waals surface area contributed by atoms with Gasteiger partial charge in [-0.05, 0) is 13.0 Å². The van der Waals surface area contributed by atoms with Gasteiger partial charge in [0.05, 0.1) is 20.8 Å². The first kappa shape index (κ1) is 13.3. The smallest absolute Gasteiger partial charge is 0.339 e. The normalized spacial score (nSPS) is 11.8. The van der Waals surface area contributed by atoms with E-state index >= 15 is 0 Å². The first-order valence-electron chi connectivity index (χ1n) is 5.21. The molecule has 1 atom stereocenters. The molecule has 0 aliphatic carbocycles. The molecule has 0 spiro atoms. The fourth-order valence-corrected chi connectivity index (χ4v) is 1.45. The van der Waals surface area contributed by atoms with Crippen LogP contribution in [-0.2, 0) is 9.53 Å². The van der Waals surface area contributed by atoms with Crippen LogP contribution < -0.4 is 9.47 Å². The molecule has 0 heterocycles. The molecule has 17 heavy (non-hydrogen) atoms. The minimum Gasteiger partial charge on any atom is -0.493 e. The number of hydrogen-bond donors (Lipinski definition) is 1. The Morgan fingerprint density at radius 3 is 2.65 bits per heavy atom. The fourth-order valence-electron chi connectivity index (χ4n) is 1.45. The topological polar surface area (TPSA) is 65.0 Å². The number of aliphatic hydroxyl groups is 1. The van der Waals surface area contributed by atoms with Crippen molar-refractivity contribution in [1.29, 1.82) is 0 Å². The van der Waals surface area contributed by atoms with Crippen LogP contribution >= 0.6 is 0 Å². The Labute approximate surface area is 99.9 Å². The van der Waals surface area contributed by atoms with Crippen molar-refractivity contribution in [3.05, 3.63) is 23.8 Å². The maximum absolute atomic E-state index is 11.3. The number of para-hydroxylation sites is 1. The first-order valence-corrected chi connectivity index (χ1v) is 5.21. The Hall–Kier alpha value is -1.75. The Balaban J connectivity index is 3.17. The molecule has 1 aromatic rings. The highest BCUT2D eigenvalue weighted by molar-refractivity contribution is 5.77. The molecule has 1 N–H and O–H groups in total. The molecule has 1 aromatic carbocycles. The van der Waals surface area contributed by atoms with Gasteiger partial charge >= 0.3 is 5.97 Å². The van der Waals surface area contributed by atoms with E-state index in [1.807, 2.05) is 0 Å². The number of hydrogen-bond acceptors (Lipinski definition) is 5. The van der Waals surface area contributed by atoms with Crippen molar-refractivity contribution in [2.45, 2.75) is 13.0 Å². The predicted molar refractivity (Wildman–Crippen MR) is 61.1 cm³/mol. The monoisotopic (exact) mass is 240 g/mol. The molecule has 0 saturated heterocycles. The van der Waals surface area contributed by atoms with Gasteiger partial charge in [0.2, 0.25) is 0 Å². The molecule has 0 aromatic heterocycles. The molecule has 0 aliphatic rings. The van der Waals surface area contributed by atoms with E-state index in [-0.39, 0.29) is 0 Å². The largest absolute Gasteiger partial charge is 0.493 e. The van der Waals surface area contributed by atoms with Crippen molar-refractivity contribution >= 4 is 5.97 Å². The van der Waals surface area contributed by atoms with Gasteiger partial charge in [0, 0.05) is 5.56 Å². The lowest BCUT2D eigenvalue weighted by molar-refractivity contribution is -0.150. The summed E-state index contributed by atoms with van der Waals surface area (Å²) in [6, 6.07) is 4.95. The van der Waals surface area contributed by atoms with Crippen LogP contribution in [0.4, 0.5) is 0 Å². The summed E-state index contributed by atoms with van der Waals surface area (Å²) in [5.74, 6) is 0.0851. The van der Waals surface area contributed by atoms with Gasteiger partial charge in [-0.25, -0.2) is 4.79 Å². The van der Waals surface area contributed by atoms with Crippen LogP contribution in [0.25, 0.3) is 0 Å². The minimum absolute atomic E-state index is 0.332. The van der Waals surface area contributed by atoms with Crippen molar-refractivity contribution in [2.24, 2.45) is 0 Å². The van der Waals surface area contributed by atoms with Crippen LogP contribution in [0.1, 0.15) is 18.6 Å². The molecular formula is C12H16O5. The van der Waals surface area contributed by atoms with Crippen molar-refractivity contribution in [1.82, 2.24) is 0 Å². The zero-order valence-corrected chi connectivity index (χ0v) is 10.1. The van der Waals surface area contributed by atoms with E-state index in [0.717, 1.165) is 0 Å². The zero-order valence-electron chi connectivity index (χ0n) is 10.1. The number of rotatable bonds is 5. The Kier molecular flexibility index (Phi) is 4.78. The van der Waals surface area contributed by atoms with Gasteiger partial charge < -0.3 is 19.3 Å². The molecule has 0 radical (unpaired) electrons. The Bertz CT molecular complexity index is 388. The third-order valence-corrected chi connectivity index (χ3v) is 2.24. The van der Waals surface area contributed by atoms with Gasteiger partial charge in [0.15, 0.2) is 17.6 Å². The van der Waals surface area contributed by atoms with Gasteiger partial charge in [-0.2, -0.15) is 0 Å². The Morgan fingerprint density at radius 2 is 2.12 bits per heavy atom. The molecule has 1 rings (SSSR count). The number of methoxy groups -OCH3 is 2. The molecule has 0 bridgehead atoms. The lowest BCUT2D eigenvalue weighted by Crippen LogP contribution is -2.15. The van der Waals surface area contributed by atoms with E-state index in [9.17, 15) is 9.90 Å². The van der Waals surface area contributed by atoms with Gasteiger partial charge in [-0.3, -0.25) is 0 Å². The third-order valence-electron chi connectivity index (χ3n) is 2.24. The lowest BCUT2D eigenvalue weighted by Gasteiger charge is -2.16. The number of ether oxygens (including phenoxy) is 3. The summed E-state index contributed by atoms with van der Waals surface area (Å²) in [5.41, 5.74) is 0.332. The highest BCUT2D eigenvalue weighted by Gasteiger charge is 2.24. The summed E-state index contributed by atoms with van der Waals surface area (Å²) < 4.78 is 15.0. The SMILES string of the molecule is CCOc1c(OC)cccc1C(O)C(=O)OC. The summed E-state index contributed by atoms with van der Waals surface area (Å²) in [7, 11) is 2.71. The van der Waals surface area contributed by atoms with Crippen molar-refractivity contribution in [3.63, 3.8) is 0 Å². The maximum Gasteiger partial charge on any atom is 0.339 e. The second-order valence-corrected chi connectivity index (χ2v) is 3.24. The van der Waals surface area contributed by atoms with Crippen molar-refractivity contribution in [3.8, 4) is 11.5 Å². The third kappa shape index (κ3) is 2.88. The van der Waals surface area contributed by atoms with Crippen LogP contribution in [-0.4, -0.2) is 31.9 Å². The standard InChI is InChI=1S/C12H16O5/c1-4-17-11-8(10(13)12(14)16-3)6-5-7-9(11)15-2/h5-7,10,13H,4H2,1-3H3. The zero-order chi connectivity index (χ0) is 12.8. The van der Waals surface area contributed by atoms with Crippen LogP contribution in [0.3, 0.4) is 0 Å². The molecule has 0 amide bonds. The molecule has 1 unspecified atom stereocenters. The average molecular weight is 240 g/mol.